The second kappa shape index (κ2) is 6.90. The van der Waals surface area contributed by atoms with Gasteiger partial charge in [-0.2, -0.15) is 0 Å². The quantitative estimate of drug-likeness (QED) is 0.609. The Bertz CT molecular complexity index is 762. The van der Waals surface area contributed by atoms with Crippen molar-refractivity contribution in [2.45, 2.75) is 0 Å². The molecule has 0 saturated carbocycles. The molecule has 2 N–H and O–H groups in total. The van der Waals surface area contributed by atoms with E-state index in [9.17, 15) is 9.59 Å². The summed E-state index contributed by atoms with van der Waals surface area (Å²) in [5.74, 6) is 0.397. The molecule has 112 valence electrons. The zero-order chi connectivity index (χ0) is 16.1. The first-order chi connectivity index (χ1) is 10.5. The number of aryl methyl sites for hydroxylation is 1. The first-order valence-corrected chi connectivity index (χ1v) is 6.88. The van der Waals surface area contributed by atoms with E-state index in [1.54, 1.807) is 43.6 Å². The number of aromatic nitrogens is 1. The van der Waals surface area contributed by atoms with E-state index >= 15 is 0 Å². The largest absolute Gasteiger partial charge is 0.418 e. The van der Waals surface area contributed by atoms with Crippen LogP contribution in [-0.4, -0.2) is 23.6 Å². The van der Waals surface area contributed by atoms with Crippen molar-refractivity contribution >= 4 is 42.4 Å². The molecule has 1 amide bonds. The highest BCUT2D eigenvalue weighted by Gasteiger charge is 2.09. The van der Waals surface area contributed by atoms with E-state index in [2.05, 4.69) is 10.6 Å². The van der Waals surface area contributed by atoms with Gasteiger partial charge < -0.3 is 14.6 Å². The van der Waals surface area contributed by atoms with Gasteiger partial charge in [-0.25, -0.2) is 4.79 Å². The molecule has 1 aromatic heterocycles. The van der Waals surface area contributed by atoms with Crippen LogP contribution in [0.3, 0.4) is 0 Å². The van der Waals surface area contributed by atoms with Gasteiger partial charge in [-0.3, -0.25) is 10.1 Å². The van der Waals surface area contributed by atoms with Crippen molar-refractivity contribution in [2.75, 3.05) is 5.32 Å². The molecule has 2 aromatic rings. The van der Waals surface area contributed by atoms with E-state index in [0.29, 0.717) is 5.75 Å². The van der Waals surface area contributed by atoms with Crippen LogP contribution in [0.1, 0.15) is 0 Å². The number of pyridine rings is 1. The molecule has 22 heavy (non-hydrogen) atoms. The summed E-state index contributed by atoms with van der Waals surface area (Å²) < 4.78 is 6.47. The van der Waals surface area contributed by atoms with Crippen LogP contribution < -0.4 is 26.4 Å². The maximum atomic E-state index is 11.9. The first-order valence-electron chi connectivity index (χ1n) is 6.48. The Kier molecular flexibility index (Phi) is 4.95. The fraction of sp³-hybridized carbons (Fsp3) is 0.0714. The van der Waals surface area contributed by atoms with Crippen molar-refractivity contribution in [3.05, 3.63) is 52.9 Å². The molecule has 0 aliphatic rings. The van der Waals surface area contributed by atoms with Gasteiger partial charge in [0.1, 0.15) is 19.3 Å². The van der Waals surface area contributed by atoms with Gasteiger partial charge in [0.2, 0.25) is 0 Å². The van der Waals surface area contributed by atoms with Crippen molar-refractivity contribution in [3.63, 3.8) is 0 Å². The number of amides is 1. The summed E-state index contributed by atoms with van der Waals surface area (Å²) in [7, 11) is 3.49. The number of hydrogen-bond acceptors (Lipinski definition) is 4. The van der Waals surface area contributed by atoms with Crippen LogP contribution in [0, 0.1) is 0 Å². The van der Waals surface area contributed by atoms with Crippen LogP contribution in [0.4, 0.5) is 10.5 Å². The molecule has 0 radical (unpaired) electrons. The fourth-order valence-electron chi connectivity index (χ4n) is 1.84. The molecule has 1 heterocycles. The summed E-state index contributed by atoms with van der Waals surface area (Å²) in [6.07, 6.45) is 0.974. The minimum absolute atomic E-state index is 0.0105. The van der Waals surface area contributed by atoms with Gasteiger partial charge in [0, 0.05) is 13.2 Å². The highest BCUT2D eigenvalue weighted by atomic mass is 32.1. The lowest BCUT2D eigenvalue weighted by atomic mass is 9.98. The second-order valence-electron chi connectivity index (χ2n) is 4.63. The highest BCUT2D eigenvalue weighted by Crippen LogP contribution is 2.08. The number of anilines is 1. The summed E-state index contributed by atoms with van der Waals surface area (Å²) in [5.41, 5.74) is 0.929. The smallest absolute Gasteiger partial charge is 0.410 e. The van der Waals surface area contributed by atoms with Crippen molar-refractivity contribution in [2.24, 2.45) is 7.05 Å². The van der Waals surface area contributed by atoms with Gasteiger partial charge in [0.05, 0.1) is 0 Å². The number of ether oxygens (including phenoxy) is 1. The van der Waals surface area contributed by atoms with Gasteiger partial charge in [-0.15, -0.1) is 0 Å². The number of benzene rings is 1. The molecule has 1 aromatic carbocycles. The van der Waals surface area contributed by atoms with Crippen molar-refractivity contribution in [1.82, 2.24) is 9.88 Å². The Morgan fingerprint density at radius 3 is 2.68 bits per heavy atom. The van der Waals surface area contributed by atoms with E-state index in [1.807, 2.05) is 13.9 Å². The molecule has 2 rings (SSSR count). The van der Waals surface area contributed by atoms with Crippen LogP contribution in [0.25, 0.3) is 0 Å². The molecule has 0 aliphatic carbocycles. The zero-order valence-electron chi connectivity index (χ0n) is 12.1. The van der Waals surface area contributed by atoms with Crippen LogP contribution in [0.15, 0.2) is 47.4 Å². The Labute approximate surface area is 133 Å². The third-order valence-corrected chi connectivity index (χ3v) is 2.94. The molecule has 0 unspecified atom stereocenters. The zero-order valence-corrected chi connectivity index (χ0v) is 12.9. The van der Waals surface area contributed by atoms with Crippen molar-refractivity contribution in [1.29, 1.82) is 0 Å². The van der Waals surface area contributed by atoms with Gasteiger partial charge in [0.15, 0.2) is 5.11 Å². The van der Waals surface area contributed by atoms with Gasteiger partial charge in [-0.1, -0.05) is 23.7 Å². The summed E-state index contributed by atoms with van der Waals surface area (Å²) in [6.45, 7) is 0. The van der Waals surface area contributed by atoms with Gasteiger partial charge in [-0.05, 0) is 30.4 Å². The van der Waals surface area contributed by atoms with Crippen LogP contribution in [-0.2, 0) is 7.05 Å². The molecule has 0 spiro atoms. The lowest BCUT2D eigenvalue weighted by molar-refractivity contribution is 0.206. The van der Waals surface area contributed by atoms with Crippen LogP contribution in [0.5, 0.6) is 5.75 Å². The van der Waals surface area contributed by atoms with Gasteiger partial charge in [0.25, 0.3) is 5.56 Å². The minimum Gasteiger partial charge on any atom is -0.410 e. The molecule has 0 bridgehead atoms. The Balaban J connectivity index is 1.99. The number of carbonyl (C=O) groups excluding carboxylic acids is 1. The van der Waals surface area contributed by atoms with Crippen LogP contribution >= 0.6 is 12.2 Å². The monoisotopic (exact) mass is 315 g/mol. The molecule has 0 atom stereocenters. The average Bonchev–Trinajstić information content (AvgIpc) is 2.45. The predicted molar refractivity (Wildman–Crippen MR) is 91.7 cm³/mol. The number of nitrogens with one attached hydrogen (secondary N) is 2. The molecular weight excluding hydrogens is 301 g/mol. The number of nitrogens with zero attached hydrogens (tertiary/aromatic N) is 1. The summed E-state index contributed by atoms with van der Waals surface area (Å²) in [4.78, 5) is 23.6. The number of thiocarbonyl (C=S) groups is 1. The van der Waals surface area contributed by atoms with E-state index in [4.69, 9.17) is 17.0 Å². The topological polar surface area (TPSA) is 72.4 Å². The summed E-state index contributed by atoms with van der Waals surface area (Å²) in [5, 5.41) is 5.04. The van der Waals surface area contributed by atoms with E-state index in [-0.39, 0.29) is 16.4 Å². The van der Waals surface area contributed by atoms with E-state index < -0.39 is 6.09 Å². The third kappa shape index (κ3) is 4.19. The summed E-state index contributed by atoms with van der Waals surface area (Å²) >= 11 is 5.00. The third-order valence-electron chi connectivity index (χ3n) is 2.74. The highest BCUT2D eigenvalue weighted by molar-refractivity contribution is 7.80. The lowest BCUT2D eigenvalue weighted by Gasteiger charge is -2.11. The molecule has 0 aliphatic heterocycles. The maximum Gasteiger partial charge on any atom is 0.418 e. The summed E-state index contributed by atoms with van der Waals surface area (Å²) in [6, 6.07) is 10.2. The molecular formula is C14H14BN3O3S. The Hall–Kier alpha value is -2.61. The predicted octanol–water partition coefficient (Wildman–Crippen LogP) is 0.129. The molecule has 6 nitrogen and oxygen atoms in total. The molecule has 0 saturated heterocycles. The van der Waals surface area contributed by atoms with E-state index in [1.165, 1.54) is 4.57 Å². The first kappa shape index (κ1) is 15.8. The normalized spacial score (nSPS) is 9.86. The Morgan fingerprint density at radius 2 is 2.00 bits per heavy atom. The van der Waals surface area contributed by atoms with Crippen molar-refractivity contribution < 1.29 is 9.53 Å². The lowest BCUT2D eigenvalue weighted by Crippen LogP contribution is -2.38. The second-order valence-corrected chi connectivity index (χ2v) is 5.04. The number of carbonyl (C=O) groups is 1. The van der Waals surface area contributed by atoms with Crippen LogP contribution in [0.2, 0.25) is 0 Å². The average molecular weight is 315 g/mol. The minimum atomic E-state index is -0.729. The fourth-order valence-corrected chi connectivity index (χ4v) is 2.03. The number of para-hydroxylation sites is 1. The van der Waals surface area contributed by atoms with Gasteiger partial charge >= 0.3 is 6.09 Å². The van der Waals surface area contributed by atoms with E-state index in [0.717, 1.165) is 5.46 Å². The standard InChI is InChI=1S/C14H14BN3O3S/c1-18-8-9(15)7-11(12(18)19)16-13(22)17-14(20)21-10-5-3-2-4-6-10/h2-8H,15H2,1H3,(H2,16,17,20,22). The SMILES string of the molecule is Bc1cc(NC(=S)NC(=O)Oc2ccccc2)c(=O)n(C)c1. The molecule has 8 heteroatoms. The molecule has 0 fully saturated rings. The number of hydrogen-bond donors (Lipinski definition) is 2. The maximum absolute atomic E-state index is 11.9. The Morgan fingerprint density at radius 1 is 1.32 bits per heavy atom. The number of rotatable bonds is 2. The van der Waals surface area contributed by atoms with Crippen molar-refractivity contribution in [3.8, 4) is 5.75 Å².